The molecular formula is C24H22N2O2. The number of hydrogen-bond donors (Lipinski definition) is 2. The van der Waals surface area contributed by atoms with E-state index in [-0.39, 0.29) is 0 Å². The molecule has 140 valence electrons. The number of benzene rings is 3. The molecule has 0 unspecified atom stereocenters. The van der Waals surface area contributed by atoms with E-state index in [0.717, 1.165) is 11.1 Å². The molecule has 0 radical (unpaired) electrons. The highest BCUT2D eigenvalue weighted by Gasteiger charge is 2.33. The van der Waals surface area contributed by atoms with Crippen LogP contribution in [0.2, 0.25) is 0 Å². The van der Waals surface area contributed by atoms with Gasteiger partial charge in [0.25, 0.3) is 5.79 Å². The summed E-state index contributed by atoms with van der Waals surface area (Å²) in [6, 6.07) is 24.8. The Hall–Kier alpha value is -3.66. The zero-order valence-corrected chi connectivity index (χ0v) is 15.4. The largest absolute Gasteiger partial charge is 0.448 e. The molecule has 0 saturated heterocycles. The van der Waals surface area contributed by atoms with E-state index < -0.39 is 5.79 Å². The Balaban J connectivity index is 1.62. The third-order valence-corrected chi connectivity index (χ3v) is 4.57. The number of ether oxygens (including phenoxy) is 2. The van der Waals surface area contributed by atoms with Gasteiger partial charge >= 0.3 is 0 Å². The van der Waals surface area contributed by atoms with Crippen molar-refractivity contribution in [3.05, 3.63) is 103 Å². The Labute approximate surface area is 164 Å². The summed E-state index contributed by atoms with van der Waals surface area (Å²) in [7, 11) is 0. The van der Waals surface area contributed by atoms with Crippen molar-refractivity contribution in [3.8, 4) is 11.5 Å². The number of nitrogens with two attached hydrogens (primary N) is 2. The van der Waals surface area contributed by atoms with Gasteiger partial charge in [-0.05, 0) is 59.7 Å². The zero-order valence-electron chi connectivity index (χ0n) is 15.4. The van der Waals surface area contributed by atoms with E-state index in [1.54, 1.807) is 0 Å². The zero-order chi connectivity index (χ0) is 19.4. The van der Waals surface area contributed by atoms with Crippen molar-refractivity contribution in [1.29, 1.82) is 0 Å². The standard InChI is InChI=1S/C24H22N2O2/c25-20-6-10-22(11-7-20)27-24(28-23-12-8-21(26)9-13-23)16-14-19(15-17-24)18-4-2-1-3-5-18/h1-16H,17,25-26H2. The van der Waals surface area contributed by atoms with Crippen LogP contribution in [-0.2, 0) is 0 Å². The lowest BCUT2D eigenvalue weighted by molar-refractivity contribution is -0.0685. The van der Waals surface area contributed by atoms with Crippen molar-refractivity contribution < 1.29 is 9.47 Å². The van der Waals surface area contributed by atoms with Crippen LogP contribution in [0.25, 0.3) is 5.57 Å². The molecule has 3 aromatic rings. The molecule has 0 saturated carbocycles. The van der Waals surface area contributed by atoms with Crippen molar-refractivity contribution in [2.24, 2.45) is 0 Å². The van der Waals surface area contributed by atoms with E-state index in [9.17, 15) is 0 Å². The van der Waals surface area contributed by atoms with Gasteiger partial charge in [0.2, 0.25) is 0 Å². The molecule has 4 heteroatoms. The van der Waals surface area contributed by atoms with E-state index in [4.69, 9.17) is 20.9 Å². The Morgan fingerprint density at radius 3 is 1.68 bits per heavy atom. The number of allylic oxidation sites excluding steroid dienone is 2. The van der Waals surface area contributed by atoms with Gasteiger partial charge in [0, 0.05) is 23.9 Å². The summed E-state index contributed by atoms with van der Waals surface area (Å²) in [5.41, 5.74) is 15.3. The fourth-order valence-corrected chi connectivity index (χ4v) is 3.09. The van der Waals surface area contributed by atoms with Gasteiger partial charge < -0.3 is 20.9 Å². The maximum atomic E-state index is 6.28. The van der Waals surface area contributed by atoms with Gasteiger partial charge in [0.1, 0.15) is 11.5 Å². The fourth-order valence-electron chi connectivity index (χ4n) is 3.09. The molecule has 0 heterocycles. The van der Waals surface area contributed by atoms with Gasteiger partial charge in [0.05, 0.1) is 0 Å². The Morgan fingerprint density at radius 2 is 1.21 bits per heavy atom. The van der Waals surface area contributed by atoms with Crippen molar-refractivity contribution >= 4 is 16.9 Å². The highest BCUT2D eigenvalue weighted by atomic mass is 16.7. The number of hydrogen-bond acceptors (Lipinski definition) is 4. The summed E-state index contributed by atoms with van der Waals surface area (Å²) >= 11 is 0. The fraction of sp³-hybridized carbons (Fsp3) is 0.0833. The highest BCUT2D eigenvalue weighted by Crippen LogP contribution is 2.33. The lowest BCUT2D eigenvalue weighted by Crippen LogP contribution is -2.41. The number of anilines is 2. The van der Waals surface area contributed by atoms with Crippen molar-refractivity contribution in [3.63, 3.8) is 0 Å². The Bertz CT molecular complexity index is 944. The average molecular weight is 370 g/mol. The van der Waals surface area contributed by atoms with E-state index >= 15 is 0 Å². The minimum atomic E-state index is -0.954. The first-order valence-corrected chi connectivity index (χ1v) is 9.16. The highest BCUT2D eigenvalue weighted by molar-refractivity contribution is 5.75. The smallest absolute Gasteiger partial charge is 0.274 e. The molecule has 0 aliphatic heterocycles. The van der Waals surface area contributed by atoms with E-state index in [1.165, 1.54) is 0 Å². The molecule has 4 nitrogen and oxygen atoms in total. The van der Waals surface area contributed by atoms with Crippen molar-refractivity contribution in [2.45, 2.75) is 12.2 Å². The molecule has 4 N–H and O–H groups in total. The summed E-state index contributed by atoms with van der Waals surface area (Å²) in [5.74, 6) is 0.418. The van der Waals surface area contributed by atoms with Crippen LogP contribution in [0.3, 0.4) is 0 Å². The van der Waals surface area contributed by atoms with Crippen LogP contribution >= 0.6 is 0 Å². The minimum absolute atomic E-state index is 0.558. The second kappa shape index (κ2) is 7.53. The molecule has 0 spiro atoms. The minimum Gasteiger partial charge on any atom is -0.448 e. The second-order valence-corrected chi connectivity index (χ2v) is 6.72. The molecule has 1 aliphatic rings. The van der Waals surface area contributed by atoms with Crippen LogP contribution in [-0.4, -0.2) is 5.79 Å². The quantitative estimate of drug-likeness (QED) is 0.487. The van der Waals surface area contributed by atoms with Crippen LogP contribution < -0.4 is 20.9 Å². The molecule has 28 heavy (non-hydrogen) atoms. The monoisotopic (exact) mass is 370 g/mol. The molecule has 0 bridgehead atoms. The van der Waals surface area contributed by atoms with Crippen LogP contribution in [0.15, 0.2) is 97.1 Å². The van der Waals surface area contributed by atoms with E-state index in [1.807, 2.05) is 78.9 Å². The summed E-state index contributed by atoms with van der Waals surface area (Å²) in [6.45, 7) is 0. The van der Waals surface area contributed by atoms with Gasteiger partial charge in [-0.3, -0.25) is 0 Å². The first-order chi connectivity index (χ1) is 13.6. The van der Waals surface area contributed by atoms with Gasteiger partial charge in [-0.25, -0.2) is 0 Å². The van der Waals surface area contributed by atoms with Gasteiger partial charge in [-0.15, -0.1) is 0 Å². The molecule has 0 atom stereocenters. The summed E-state index contributed by atoms with van der Waals surface area (Å²) in [4.78, 5) is 0. The summed E-state index contributed by atoms with van der Waals surface area (Å²) < 4.78 is 12.6. The summed E-state index contributed by atoms with van der Waals surface area (Å²) in [6.07, 6.45) is 6.68. The third kappa shape index (κ3) is 4.01. The van der Waals surface area contributed by atoms with Gasteiger partial charge in [0.15, 0.2) is 0 Å². The van der Waals surface area contributed by atoms with Crippen molar-refractivity contribution in [2.75, 3.05) is 11.5 Å². The van der Waals surface area contributed by atoms with Crippen LogP contribution in [0.1, 0.15) is 12.0 Å². The van der Waals surface area contributed by atoms with E-state index in [2.05, 4.69) is 18.2 Å². The topological polar surface area (TPSA) is 70.5 Å². The van der Waals surface area contributed by atoms with Crippen LogP contribution in [0.4, 0.5) is 11.4 Å². The average Bonchev–Trinajstić information content (AvgIpc) is 2.73. The molecule has 0 fully saturated rings. The predicted molar refractivity (Wildman–Crippen MR) is 114 cm³/mol. The first kappa shape index (κ1) is 17.7. The molecule has 1 aliphatic carbocycles. The molecule has 0 amide bonds. The van der Waals surface area contributed by atoms with Gasteiger partial charge in [-0.1, -0.05) is 42.5 Å². The lowest BCUT2D eigenvalue weighted by Gasteiger charge is -2.33. The Morgan fingerprint density at radius 1 is 0.679 bits per heavy atom. The number of nitrogen functional groups attached to an aromatic ring is 2. The second-order valence-electron chi connectivity index (χ2n) is 6.72. The maximum absolute atomic E-state index is 6.28. The molecule has 3 aromatic carbocycles. The molecule has 0 aromatic heterocycles. The lowest BCUT2D eigenvalue weighted by atomic mass is 9.96. The SMILES string of the molecule is Nc1ccc(OC2(Oc3ccc(N)cc3)C=CC(c3ccccc3)=CC2)cc1. The van der Waals surface area contributed by atoms with Crippen LogP contribution in [0, 0.1) is 0 Å². The maximum Gasteiger partial charge on any atom is 0.274 e. The third-order valence-electron chi connectivity index (χ3n) is 4.57. The molecular weight excluding hydrogens is 348 g/mol. The normalized spacial score (nSPS) is 14.9. The predicted octanol–water partition coefficient (Wildman–Crippen LogP) is 5.05. The first-order valence-electron chi connectivity index (χ1n) is 9.16. The van der Waals surface area contributed by atoms with E-state index in [0.29, 0.717) is 29.3 Å². The number of rotatable bonds is 5. The van der Waals surface area contributed by atoms with Gasteiger partial charge in [-0.2, -0.15) is 0 Å². The van der Waals surface area contributed by atoms with Crippen LogP contribution in [0.5, 0.6) is 11.5 Å². The van der Waals surface area contributed by atoms with Crippen molar-refractivity contribution in [1.82, 2.24) is 0 Å². The molecule has 4 rings (SSSR count). The Kier molecular flexibility index (Phi) is 4.77. The summed E-state index contributed by atoms with van der Waals surface area (Å²) in [5, 5.41) is 0.